The number of rotatable bonds is 55. The van der Waals surface area contributed by atoms with Gasteiger partial charge < -0.3 is 14.2 Å². The predicted octanol–water partition coefficient (Wildman–Crippen LogP) is 20.5. The number of allylic oxidation sites excluding steroid dienone is 12. The van der Waals surface area contributed by atoms with Gasteiger partial charge in [-0.1, -0.05) is 248 Å². The third-order valence-corrected chi connectivity index (χ3v) is 13.2. The van der Waals surface area contributed by atoms with Gasteiger partial charge in [0.15, 0.2) is 6.10 Å². The molecule has 0 aromatic heterocycles. The molecule has 1 atom stereocenters. The summed E-state index contributed by atoms with van der Waals surface area (Å²) in [6.07, 6.45) is 76.1. The van der Waals surface area contributed by atoms with E-state index in [4.69, 9.17) is 14.2 Å². The number of ether oxygens (including phenoxy) is 3. The number of carbonyl (C=O) groups excluding carboxylic acids is 3. The van der Waals surface area contributed by atoms with Crippen molar-refractivity contribution in [3.05, 3.63) is 72.9 Å². The molecule has 0 aliphatic carbocycles. The van der Waals surface area contributed by atoms with Crippen molar-refractivity contribution < 1.29 is 28.6 Å². The zero-order valence-corrected chi connectivity index (χ0v) is 47.0. The van der Waals surface area contributed by atoms with Crippen molar-refractivity contribution in [1.29, 1.82) is 0 Å². The zero-order valence-electron chi connectivity index (χ0n) is 47.0. The number of hydrogen-bond acceptors (Lipinski definition) is 6. The Morgan fingerprint density at radius 2 is 0.549 bits per heavy atom. The fraction of sp³-hybridized carbons (Fsp3) is 0.769. The minimum atomic E-state index is -0.785. The topological polar surface area (TPSA) is 78.9 Å². The van der Waals surface area contributed by atoms with E-state index in [1.165, 1.54) is 167 Å². The van der Waals surface area contributed by atoms with E-state index in [-0.39, 0.29) is 31.1 Å². The minimum Gasteiger partial charge on any atom is -0.462 e. The van der Waals surface area contributed by atoms with E-state index < -0.39 is 6.10 Å². The molecule has 0 aliphatic heterocycles. The molecule has 6 heteroatoms. The molecule has 0 heterocycles. The van der Waals surface area contributed by atoms with Crippen molar-refractivity contribution in [3.63, 3.8) is 0 Å². The summed E-state index contributed by atoms with van der Waals surface area (Å²) in [5, 5.41) is 0. The summed E-state index contributed by atoms with van der Waals surface area (Å²) in [6.45, 7) is 6.53. The molecule has 0 aromatic rings. The van der Waals surface area contributed by atoms with Crippen LogP contribution in [0.4, 0.5) is 0 Å². The fourth-order valence-electron chi connectivity index (χ4n) is 8.60. The lowest BCUT2D eigenvalue weighted by atomic mass is 10.1. The highest BCUT2D eigenvalue weighted by atomic mass is 16.6. The van der Waals surface area contributed by atoms with Gasteiger partial charge in [0, 0.05) is 19.3 Å². The molecular formula is C65H114O6. The van der Waals surface area contributed by atoms with Crippen molar-refractivity contribution in [1.82, 2.24) is 0 Å². The molecule has 0 N–H and O–H groups in total. The standard InChI is InChI=1S/C65H114O6/c1-4-7-10-13-16-19-22-25-28-30-32-33-34-36-37-40-43-46-49-52-55-58-64(67)70-61-62(60-69-63(66)57-54-51-48-45-42-39-27-24-21-18-15-12-9-6-3)71-65(68)59-56-53-50-47-44-41-38-35-31-29-26-23-20-17-14-11-8-5-2/h7,10,16,19,24-25,27-29,31-33,62H,4-6,8-9,11-15,17-18,20-23,26,30,34-61H2,1-3H3/b10-7-,19-16-,27-24-,28-25-,31-29-,33-32-. The van der Waals surface area contributed by atoms with Crippen LogP contribution in [0, 0.1) is 0 Å². The number of hydrogen-bond donors (Lipinski definition) is 0. The summed E-state index contributed by atoms with van der Waals surface area (Å²) in [5.41, 5.74) is 0. The SMILES string of the molecule is CC/C=C\C/C=C\C/C=C\C/C=C\CCCCCCCCCCC(=O)OCC(COC(=O)CCCCCCC/C=C\CCCCCCC)OC(=O)CCCCCCCCC/C=C\CCCCCCCCC. The number of carbonyl (C=O) groups is 3. The second-order valence-corrected chi connectivity index (χ2v) is 20.2. The Bertz CT molecular complexity index is 1320. The Kier molecular flexibility index (Phi) is 56.8. The minimum absolute atomic E-state index is 0.0828. The second kappa shape index (κ2) is 59.4. The Balaban J connectivity index is 4.38. The molecule has 410 valence electrons. The lowest BCUT2D eigenvalue weighted by Crippen LogP contribution is -2.30. The molecule has 0 aliphatic rings. The largest absolute Gasteiger partial charge is 0.462 e. The Labute approximate surface area is 440 Å². The van der Waals surface area contributed by atoms with Crippen molar-refractivity contribution in [2.75, 3.05) is 13.2 Å². The van der Waals surface area contributed by atoms with Gasteiger partial charge in [0.05, 0.1) is 0 Å². The predicted molar refractivity (Wildman–Crippen MR) is 307 cm³/mol. The fourth-order valence-corrected chi connectivity index (χ4v) is 8.60. The van der Waals surface area contributed by atoms with Crippen LogP contribution in [0.1, 0.15) is 303 Å². The van der Waals surface area contributed by atoms with E-state index in [0.29, 0.717) is 19.3 Å². The normalized spacial score (nSPS) is 12.5. The van der Waals surface area contributed by atoms with Gasteiger partial charge in [-0.25, -0.2) is 0 Å². The average Bonchev–Trinajstić information content (AvgIpc) is 3.37. The monoisotopic (exact) mass is 991 g/mol. The van der Waals surface area contributed by atoms with Gasteiger partial charge in [-0.15, -0.1) is 0 Å². The third kappa shape index (κ3) is 57.6. The van der Waals surface area contributed by atoms with Gasteiger partial charge in [0.1, 0.15) is 13.2 Å². The van der Waals surface area contributed by atoms with Crippen LogP contribution in [0.25, 0.3) is 0 Å². The smallest absolute Gasteiger partial charge is 0.306 e. The highest BCUT2D eigenvalue weighted by Gasteiger charge is 2.19. The summed E-state index contributed by atoms with van der Waals surface area (Å²) in [6, 6.07) is 0. The maximum absolute atomic E-state index is 12.9. The van der Waals surface area contributed by atoms with Crippen LogP contribution in [0.3, 0.4) is 0 Å². The van der Waals surface area contributed by atoms with Gasteiger partial charge in [0.2, 0.25) is 0 Å². The maximum atomic E-state index is 12.9. The van der Waals surface area contributed by atoms with E-state index in [0.717, 1.165) is 96.3 Å². The highest BCUT2D eigenvalue weighted by Crippen LogP contribution is 2.15. The summed E-state index contributed by atoms with van der Waals surface area (Å²) in [4.78, 5) is 38.2. The first-order chi connectivity index (χ1) is 35.0. The highest BCUT2D eigenvalue weighted by molar-refractivity contribution is 5.71. The molecule has 0 radical (unpaired) electrons. The summed E-state index contributed by atoms with van der Waals surface area (Å²) in [7, 11) is 0. The van der Waals surface area contributed by atoms with E-state index in [1.54, 1.807) is 0 Å². The van der Waals surface area contributed by atoms with E-state index in [1.807, 2.05) is 0 Å². The molecule has 0 bridgehead atoms. The number of unbranched alkanes of at least 4 members (excludes halogenated alkanes) is 32. The molecule has 0 saturated heterocycles. The van der Waals surface area contributed by atoms with Crippen LogP contribution in [0.2, 0.25) is 0 Å². The van der Waals surface area contributed by atoms with E-state index in [2.05, 4.69) is 93.7 Å². The molecule has 0 aromatic carbocycles. The van der Waals surface area contributed by atoms with Crippen molar-refractivity contribution in [3.8, 4) is 0 Å². The van der Waals surface area contributed by atoms with Gasteiger partial charge in [-0.3, -0.25) is 14.4 Å². The molecule has 0 rings (SSSR count). The second-order valence-electron chi connectivity index (χ2n) is 20.2. The molecule has 0 saturated carbocycles. The first kappa shape index (κ1) is 67.8. The molecular weight excluding hydrogens is 877 g/mol. The average molecular weight is 992 g/mol. The Morgan fingerprint density at radius 3 is 0.873 bits per heavy atom. The summed E-state index contributed by atoms with van der Waals surface area (Å²) in [5.74, 6) is -0.891. The lowest BCUT2D eigenvalue weighted by Gasteiger charge is -2.18. The molecule has 0 fully saturated rings. The van der Waals surface area contributed by atoms with Crippen LogP contribution in [-0.4, -0.2) is 37.2 Å². The van der Waals surface area contributed by atoms with Gasteiger partial charge in [-0.2, -0.15) is 0 Å². The van der Waals surface area contributed by atoms with Crippen LogP contribution in [0.5, 0.6) is 0 Å². The number of esters is 3. The molecule has 1 unspecified atom stereocenters. The summed E-state index contributed by atoms with van der Waals surface area (Å²) < 4.78 is 16.9. The van der Waals surface area contributed by atoms with Crippen molar-refractivity contribution in [2.24, 2.45) is 0 Å². The zero-order chi connectivity index (χ0) is 51.4. The van der Waals surface area contributed by atoms with Gasteiger partial charge >= 0.3 is 17.9 Å². The quantitative estimate of drug-likeness (QED) is 0.0261. The van der Waals surface area contributed by atoms with Crippen molar-refractivity contribution >= 4 is 17.9 Å². The van der Waals surface area contributed by atoms with Gasteiger partial charge in [0.25, 0.3) is 0 Å². The first-order valence-electron chi connectivity index (χ1n) is 30.4. The maximum Gasteiger partial charge on any atom is 0.306 e. The van der Waals surface area contributed by atoms with Crippen LogP contribution in [-0.2, 0) is 28.6 Å². The molecule has 0 spiro atoms. The van der Waals surface area contributed by atoms with Crippen LogP contribution in [0.15, 0.2) is 72.9 Å². The first-order valence-corrected chi connectivity index (χ1v) is 30.4. The molecule has 6 nitrogen and oxygen atoms in total. The Morgan fingerprint density at radius 1 is 0.296 bits per heavy atom. The Hall–Kier alpha value is -3.15. The van der Waals surface area contributed by atoms with Crippen molar-refractivity contribution in [2.45, 2.75) is 309 Å². The lowest BCUT2D eigenvalue weighted by molar-refractivity contribution is -0.167. The summed E-state index contributed by atoms with van der Waals surface area (Å²) >= 11 is 0. The third-order valence-electron chi connectivity index (χ3n) is 13.2. The van der Waals surface area contributed by atoms with Crippen LogP contribution >= 0.6 is 0 Å². The van der Waals surface area contributed by atoms with Gasteiger partial charge in [-0.05, 0) is 109 Å². The van der Waals surface area contributed by atoms with Crippen LogP contribution < -0.4 is 0 Å². The molecule has 0 amide bonds. The molecule has 71 heavy (non-hydrogen) atoms. The van der Waals surface area contributed by atoms with E-state index in [9.17, 15) is 14.4 Å². The van der Waals surface area contributed by atoms with E-state index >= 15 is 0 Å².